The predicted octanol–water partition coefficient (Wildman–Crippen LogP) is 4.87. The first-order chi connectivity index (χ1) is 8.65. The Morgan fingerprint density at radius 1 is 1.39 bits per heavy atom. The molecule has 18 heavy (non-hydrogen) atoms. The Morgan fingerprint density at radius 3 is 2.78 bits per heavy atom. The van der Waals surface area contributed by atoms with Gasteiger partial charge in [-0.15, -0.1) is 0 Å². The number of nitrogens with one attached hydrogen (secondary N) is 1. The third-order valence-corrected chi connectivity index (χ3v) is 6.00. The Labute approximate surface area is 127 Å². The summed E-state index contributed by atoms with van der Waals surface area (Å²) in [5.74, 6) is 0. The summed E-state index contributed by atoms with van der Waals surface area (Å²) in [6.45, 7) is 1.93. The van der Waals surface area contributed by atoms with Crippen LogP contribution in [0.2, 0.25) is 5.02 Å². The highest BCUT2D eigenvalue weighted by atomic mass is 79.9. The second-order valence-corrected chi connectivity index (χ2v) is 7.53. The molecule has 4 heteroatoms. The van der Waals surface area contributed by atoms with Gasteiger partial charge in [0.15, 0.2) is 0 Å². The number of rotatable bonds is 5. The van der Waals surface area contributed by atoms with Crippen molar-refractivity contribution in [1.29, 1.82) is 0 Å². The molecule has 0 amide bonds. The summed E-state index contributed by atoms with van der Waals surface area (Å²) in [5.41, 5.74) is 1.17. The van der Waals surface area contributed by atoms with Crippen LogP contribution in [0.4, 0.5) is 0 Å². The summed E-state index contributed by atoms with van der Waals surface area (Å²) in [6.07, 6.45) is 7.67. The SMILES string of the molecule is CSC1(CNCc2cc(Br)ccc2Cl)CCCC1. The minimum atomic E-state index is 0.457. The maximum Gasteiger partial charge on any atom is 0.0451 e. The molecule has 1 saturated carbocycles. The maximum atomic E-state index is 6.19. The number of hydrogen-bond acceptors (Lipinski definition) is 2. The van der Waals surface area contributed by atoms with Crippen LogP contribution >= 0.6 is 39.3 Å². The molecule has 0 atom stereocenters. The van der Waals surface area contributed by atoms with E-state index >= 15 is 0 Å². The molecule has 0 aromatic heterocycles. The smallest absolute Gasteiger partial charge is 0.0451 e. The van der Waals surface area contributed by atoms with Crippen molar-refractivity contribution in [2.75, 3.05) is 12.8 Å². The molecule has 0 saturated heterocycles. The molecular weight excluding hydrogens is 330 g/mol. The molecule has 1 N–H and O–H groups in total. The molecule has 0 heterocycles. The molecule has 1 aliphatic rings. The molecule has 1 nitrogen and oxygen atoms in total. The molecule has 1 aromatic rings. The first-order valence-corrected chi connectivity index (χ1v) is 8.75. The van der Waals surface area contributed by atoms with Crippen LogP contribution in [0.5, 0.6) is 0 Å². The zero-order chi connectivity index (χ0) is 13.0. The highest BCUT2D eigenvalue weighted by molar-refractivity contribution is 9.10. The van der Waals surface area contributed by atoms with Crippen molar-refractivity contribution in [2.24, 2.45) is 0 Å². The monoisotopic (exact) mass is 347 g/mol. The van der Waals surface area contributed by atoms with Crippen LogP contribution in [-0.2, 0) is 6.54 Å². The first-order valence-electron chi connectivity index (χ1n) is 6.35. The summed E-state index contributed by atoms with van der Waals surface area (Å²) in [6, 6.07) is 6.02. The zero-order valence-electron chi connectivity index (χ0n) is 10.6. The van der Waals surface area contributed by atoms with Gasteiger partial charge in [-0.2, -0.15) is 11.8 Å². The van der Waals surface area contributed by atoms with Gasteiger partial charge in [0.2, 0.25) is 0 Å². The molecular formula is C14H19BrClNS. The van der Waals surface area contributed by atoms with E-state index in [4.69, 9.17) is 11.6 Å². The van der Waals surface area contributed by atoms with Gasteiger partial charge in [-0.3, -0.25) is 0 Å². The van der Waals surface area contributed by atoms with Crippen LogP contribution in [0.3, 0.4) is 0 Å². The fourth-order valence-corrected chi connectivity index (χ4v) is 4.11. The molecule has 0 bridgehead atoms. The van der Waals surface area contributed by atoms with Crippen LogP contribution in [-0.4, -0.2) is 17.5 Å². The Morgan fingerprint density at radius 2 is 2.11 bits per heavy atom. The van der Waals surface area contributed by atoms with Crippen LogP contribution in [0.1, 0.15) is 31.2 Å². The van der Waals surface area contributed by atoms with Crippen LogP contribution in [0, 0.1) is 0 Å². The van der Waals surface area contributed by atoms with Crippen molar-refractivity contribution < 1.29 is 0 Å². The van der Waals surface area contributed by atoms with Crippen LogP contribution < -0.4 is 5.32 Å². The van der Waals surface area contributed by atoms with E-state index in [2.05, 4.69) is 33.6 Å². The highest BCUT2D eigenvalue weighted by Gasteiger charge is 2.32. The minimum Gasteiger partial charge on any atom is -0.311 e. The lowest BCUT2D eigenvalue weighted by Crippen LogP contribution is -2.34. The Balaban J connectivity index is 1.89. The van der Waals surface area contributed by atoms with Crippen molar-refractivity contribution >= 4 is 39.3 Å². The average molecular weight is 349 g/mol. The van der Waals surface area contributed by atoms with Crippen LogP contribution in [0.15, 0.2) is 22.7 Å². The fraction of sp³-hybridized carbons (Fsp3) is 0.571. The molecule has 0 unspecified atom stereocenters. The summed E-state index contributed by atoms with van der Waals surface area (Å²) >= 11 is 11.7. The molecule has 1 aliphatic carbocycles. The van der Waals surface area contributed by atoms with Crippen molar-refractivity contribution in [2.45, 2.75) is 37.0 Å². The van der Waals surface area contributed by atoms with E-state index in [0.29, 0.717) is 4.75 Å². The van der Waals surface area contributed by atoms with E-state index in [-0.39, 0.29) is 0 Å². The second-order valence-electron chi connectivity index (χ2n) is 4.93. The van der Waals surface area contributed by atoms with Crippen molar-refractivity contribution in [3.05, 3.63) is 33.3 Å². The number of halogens is 2. The Kier molecular flexibility index (Phi) is 5.43. The van der Waals surface area contributed by atoms with E-state index < -0.39 is 0 Å². The van der Waals surface area contributed by atoms with Crippen molar-refractivity contribution in [3.8, 4) is 0 Å². The van der Waals surface area contributed by atoms with Gasteiger partial charge in [0.05, 0.1) is 0 Å². The fourth-order valence-electron chi connectivity index (χ4n) is 2.58. The van der Waals surface area contributed by atoms with Gasteiger partial charge in [0, 0.05) is 27.3 Å². The molecule has 2 rings (SSSR count). The number of thioether (sulfide) groups is 1. The summed E-state index contributed by atoms with van der Waals surface area (Å²) < 4.78 is 1.54. The van der Waals surface area contributed by atoms with E-state index in [9.17, 15) is 0 Å². The zero-order valence-corrected chi connectivity index (χ0v) is 13.8. The van der Waals surface area contributed by atoms with Crippen molar-refractivity contribution in [1.82, 2.24) is 5.32 Å². The molecule has 0 spiro atoms. The second kappa shape index (κ2) is 6.65. The summed E-state index contributed by atoms with van der Waals surface area (Å²) in [4.78, 5) is 0. The molecule has 1 fully saturated rings. The maximum absolute atomic E-state index is 6.19. The lowest BCUT2D eigenvalue weighted by molar-refractivity contribution is 0.534. The van der Waals surface area contributed by atoms with Crippen LogP contribution in [0.25, 0.3) is 0 Å². The molecule has 0 aliphatic heterocycles. The molecule has 0 radical (unpaired) electrons. The largest absolute Gasteiger partial charge is 0.311 e. The Bertz CT molecular complexity index is 405. The van der Waals surface area contributed by atoms with Gasteiger partial charge in [0.1, 0.15) is 0 Å². The minimum absolute atomic E-state index is 0.457. The Hall–Kier alpha value is 0.300. The summed E-state index contributed by atoms with van der Waals surface area (Å²) in [5, 5.41) is 4.42. The number of hydrogen-bond donors (Lipinski definition) is 1. The van der Waals surface area contributed by atoms with Gasteiger partial charge < -0.3 is 5.32 Å². The quantitative estimate of drug-likeness (QED) is 0.815. The van der Waals surface area contributed by atoms with Gasteiger partial charge >= 0.3 is 0 Å². The normalized spacial score (nSPS) is 18.2. The van der Waals surface area contributed by atoms with E-state index in [1.165, 1.54) is 31.2 Å². The molecule has 1 aromatic carbocycles. The number of benzene rings is 1. The lowest BCUT2D eigenvalue weighted by Gasteiger charge is -2.27. The van der Waals surface area contributed by atoms with E-state index in [0.717, 1.165) is 22.6 Å². The van der Waals surface area contributed by atoms with E-state index in [1.807, 2.05) is 23.9 Å². The van der Waals surface area contributed by atoms with Crippen molar-refractivity contribution in [3.63, 3.8) is 0 Å². The lowest BCUT2D eigenvalue weighted by atomic mass is 10.1. The standard InChI is InChI=1S/C14H19BrClNS/c1-18-14(6-2-3-7-14)10-17-9-11-8-12(15)4-5-13(11)16/h4-5,8,17H,2-3,6-7,9-10H2,1H3. The summed E-state index contributed by atoms with van der Waals surface area (Å²) in [7, 11) is 0. The first kappa shape index (κ1) is 14.7. The van der Waals surface area contributed by atoms with E-state index in [1.54, 1.807) is 0 Å². The third-order valence-electron chi connectivity index (χ3n) is 3.72. The molecule has 100 valence electrons. The van der Waals surface area contributed by atoms with Gasteiger partial charge in [-0.1, -0.05) is 40.4 Å². The topological polar surface area (TPSA) is 12.0 Å². The van der Waals surface area contributed by atoms with Gasteiger partial charge in [0.25, 0.3) is 0 Å². The third kappa shape index (κ3) is 3.66. The average Bonchev–Trinajstić information content (AvgIpc) is 2.83. The highest BCUT2D eigenvalue weighted by Crippen LogP contribution is 2.39. The van der Waals surface area contributed by atoms with Gasteiger partial charge in [-0.05, 0) is 42.9 Å². The predicted molar refractivity (Wildman–Crippen MR) is 85.6 cm³/mol. The van der Waals surface area contributed by atoms with Gasteiger partial charge in [-0.25, -0.2) is 0 Å².